The Bertz CT molecular complexity index is 588. The van der Waals surface area contributed by atoms with Crippen LogP contribution in [0.1, 0.15) is 26.7 Å². The van der Waals surface area contributed by atoms with Crippen molar-refractivity contribution in [2.75, 3.05) is 23.7 Å². The fraction of sp³-hybridized carbons (Fsp3) is 0.667. The summed E-state index contributed by atoms with van der Waals surface area (Å²) in [7, 11) is 0. The highest BCUT2D eigenvalue weighted by Gasteiger charge is 2.34. The molecule has 0 bridgehead atoms. The summed E-state index contributed by atoms with van der Waals surface area (Å²) in [5.41, 5.74) is 4.43. The summed E-state index contributed by atoms with van der Waals surface area (Å²) in [6.07, 6.45) is 1.31. The molecule has 0 aliphatic carbocycles. The highest BCUT2D eigenvalue weighted by molar-refractivity contribution is 5.63. The van der Waals surface area contributed by atoms with Gasteiger partial charge in [-0.1, -0.05) is 6.92 Å². The Morgan fingerprint density at radius 3 is 2.68 bits per heavy atom. The molecule has 7 nitrogen and oxygen atoms in total. The Morgan fingerprint density at radius 2 is 2.16 bits per heavy atom. The van der Waals surface area contributed by atoms with Crippen LogP contribution in [0.25, 0.3) is 0 Å². The van der Waals surface area contributed by atoms with E-state index in [1.165, 1.54) is 4.57 Å². The first kappa shape index (κ1) is 13.7. The lowest BCUT2D eigenvalue weighted by Crippen LogP contribution is -2.39. The first-order chi connectivity index (χ1) is 8.85. The van der Waals surface area contributed by atoms with Gasteiger partial charge in [-0.3, -0.25) is 14.3 Å². The van der Waals surface area contributed by atoms with Crippen LogP contribution in [0.4, 0.5) is 11.5 Å². The number of aromatic amines is 1. The third kappa shape index (κ3) is 2.51. The molecular weight excluding hydrogens is 248 g/mol. The number of H-pyrrole nitrogens is 1. The maximum atomic E-state index is 11.9. The number of hydrogen-bond acceptors (Lipinski definition) is 5. The Hall–Kier alpha value is -1.76. The average Bonchev–Trinajstić information content (AvgIpc) is 2.64. The van der Waals surface area contributed by atoms with E-state index in [2.05, 4.69) is 4.98 Å². The smallest absolute Gasteiger partial charge is 0.330 e. The van der Waals surface area contributed by atoms with Crippen molar-refractivity contribution in [3.8, 4) is 0 Å². The minimum absolute atomic E-state index is 0.174. The van der Waals surface area contributed by atoms with Gasteiger partial charge in [-0.05, 0) is 19.8 Å². The van der Waals surface area contributed by atoms with Crippen LogP contribution in [0.15, 0.2) is 9.59 Å². The van der Waals surface area contributed by atoms with E-state index in [1.807, 2.05) is 6.92 Å². The molecule has 1 saturated heterocycles. The number of anilines is 2. The average molecular weight is 268 g/mol. The van der Waals surface area contributed by atoms with Crippen molar-refractivity contribution in [1.29, 1.82) is 0 Å². The molecule has 2 heterocycles. The molecule has 0 radical (unpaired) electrons. The van der Waals surface area contributed by atoms with E-state index in [-0.39, 0.29) is 11.5 Å². The standard InChI is InChI=1S/C12H20N4O3/c1-3-5-16-9(13)8(10(17)14-11(16)18)15-6-4-12(2,19)7-15/h19H,3-7,13H2,1-2H3,(H,14,17,18). The second kappa shape index (κ2) is 4.73. The molecule has 1 aliphatic rings. The van der Waals surface area contributed by atoms with Crippen molar-refractivity contribution < 1.29 is 5.11 Å². The first-order valence-corrected chi connectivity index (χ1v) is 6.45. The van der Waals surface area contributed by atoms with E-state index in [0.29, 0.717) is 26.1 Å². The molecule has 1 aliphatic heterocycles. The van der Waals surface area contributed by atoms with Crippen LogP contribution >= 0.6 is 0 Å². The van der Waals surface area contributed by atoms with E-state index < -0.39 is 16.9 Å². The van der Waals surface area contributed by atoms with E-state index in [0.717, 1.165) is 6.42 Å². The van der Waals surface area contributed by atoms with Crippen molar-refractivity contribution in [1.82, 2.24) is 9.55 Å². The summed E-state index contributed by atoms with van der Waals surface area (Å²) < 4.78 is 1.36. The van der Waals surface area contributed by atoms with Crippen LogP contribution in [-0.4, -0.2) is 33.3 Å². The van der Waals surface area contributed by atoms with Crippen LogP contribution in [0, 0.1) is 0 Å². The molecule has 1 atom stereocenters. The predicted octanol–water partition coefficient (Wildman–Crippen LogP) is -0.510. The number of rotatable bonds is 3. The van der Waals surface area contributed by atoms with Gasteiger partial charge in [0.2, 0.25) is 0 Å². The fourth-order valence-electron chi connectivity index (χ4n) is 2.46. The second-order valence-electron chi connectivity index (χ2n) is 5.31. The largest absolute Gasteiger partial charge is 0.388 e. The van der Waals surface area contributed by atoms with Crippen molar-refractivity contribution in [2.24, 2.45) is 0 Å². The maximum absolute atomic E-state index is 11.9. The molecule has 0 amide bonds. The van der Waals surface area contributed by atoms with E-state index in [1.54, 1.807) is 11.8 Å². The molecule has 106 valence electrons. The summed E-state index contributed by atoms with van der Waals surface area (Å²) in [5.74, 6) is 0.174. The SMILES string of the molecule is CCCn1c(N)c(N2CCC(C)(O)C2)c(=O)[nH]c1=O. The van der Waals surface area contributed by atoms with Crippen molar-refractivity contribution in [3.63, 3.8) is 0 Å². The van der Waals surface area contributed by atoms with Gasteiger partial charge in [0.15, 0.2) is 0 Å². The molecular formula is C12H20N4O3. The van der Waals surface area contributed by atoms with E-state index in [4.69, 9.17) is 5.73 Å². The van der Waals surface area contributed by atoms with Crippen LogP contribution < -0.4 is 21.9 Å². The highest BCUT2D eigenvalue weighted by atomic mass is 16.3. The molecule has 1 fully saturated rings. The molecule has 7 heteroatoms. The minimum Gasteiger partial charge on any atom is -0.388 e. The summed E-state index contributed by atoms with van der Waals surface area (Å²) in [5, 5.41) is 9.97. The Labute approximate surface area is 110 Å². The number of nitrogens with zero attached hydrogens (tertiary/aromatic N) is 2. The molecule has 1 aromatic heterocycles. The van der Waals surface area contributed by atoms with Crippen LogP contribution in [0.3, 0.4) is 0 Å². The summed E-state index contributed by atoms with van der Waals surface area (Å²) >= 11 is 0. The number of nitrogens with two attached hydrogens (primary N) is 1. The summed E-state index contributed by atoms with van der Waals surface area (Å²) in [6.45, 7) is 4.99. The quantitative estimate of drug-likeness (QED) is 0.685. The Kier molecular flexibility index (Phi) is 3.40. The number of aliphatic hydroxyl groups is 1. The van der Waals surface area contributed by atoms with Crippen molar-refractivity contribution in [2.45, 2.75) is 38.8 Å². The van der Waals surface area contributed by atoms with Gasteiger partial charge in [0.25, 0.3) is 5.56 Å². The van der Waals surface area contributed by atoms with Gasteiger partial charge >= 0.3 is 5.69 Å². The zero-order chi connectivity index (χ0) is 14.2. The molecule has 1 unspecified atom stereocenters. The number of aromatic nitrogens is 2. The lowest BCUT2D eigenvalue weighted by molar-refractivity contribution is 0.0839. The summed E-state index contributed by atoms with van der Waals surface area (Å²) in [4.78, 5) is 27.7. The fourth-order valence-corrected chi connectivity index (χ4v) is 2.46. The van der Waals surface area contributed by atoms with Crippen molar-refractivity contribution in [3.05, 3.63) is 20.8 Å². The molecule has 1 aromatic rings. The molecule has 2 rings (SSSR count). The number of nitrogen functional groups attached to an aromatic ring is 1. The van der Waals surface area contributed by atoms with E-state index >= 15 is 0 Å². The van der Waals surface area contributed by atoms with Gasteiger partial charge in [-0.25, -0.2) is 4.79 Å². The topological polar surface area (TPSA) is 104 Å². The third-order valence-corrected chi connectivity index (χ3v) is 3.43. The minimum atomic E-state index is -0.829. The predicted molar refractivity (Wildman–Crippen MR) is 73.5 cm³/mol. The number of β-amino-alcohol motifs (C(OH)–C–C–N with tert-alkyl or cyclic N) is 1. The zero-order valence-electron chi connectivity index (χ0n) is 11.3. The third-order valence-electron chi connectivity index (χ3n) is 3.43. The van der Waals surface area contributed by atoms with Crippen LogP contribution in [-0.2, 0) is 6.54 Å². The van der Waals surface area contributed by atoms with Crippen molar-refractivity contribution >= 4 is 11.5 Å². The van der Waals surface area contributed by atoms with E-state index in [9.17, 15) is 14.7 Å². The lowest BCUT2D eigenvalue weighted by Gasteiger charge is -2.22. The molecule has 19 heavy (non-hydrogen) atoms. The molecule has 4 N–H and O–H groups in total. The monoisotopic (exact) mass is 268 g/mol. The van der Waals surface area contributed by atoms with Gasteiger partial charge in [0.1, 0.15) is 11.5 Å². The number of hydrogen-bond donors (Lipinski definition) is 3. The van der Waals surface area contributed by atoms with Gasteiger partial charge in [-0.2, -0.15) is 0 Å². The van der Waals surface area contributed by atoms with Crippen LogP contribution in [0.2, 0.25) is 0 Å². The maximum Gasteiger partial charge on any atom is 0.330 e. The lowest BCUT2D eigenvalue weighted by atomic mass is 10.1. The second-order valence-corrected chi connectivity index (χ2v) is 5.31. The highest BCUT2D eigenvalue weighted by Crippen LogP contribution is 2.27. The molecule has 0 aromatic carbocycles. The van der Waals surface area contributed by atoms with Gasteiger partial charge in [0.05, 0.1) is 5.60 Å². The summed E-state index contributed by atoms with van der Waals surface area (Å²) in [6, 6.07) is 0. The normalized spacial score (nSPS) is 23.0. The van der Waals surface area contributed by atoms with Gasteiger partial charge in [-0.15, -0.1) is 0 Å². The number of nitrogens with one attached hydrogen (secondary N) is 1. The Balaban J connectivity index is 2.49. The first-order valence-electron chi connectivity index (χ1n) is 6.45. The zero-order valence-corrected chi connectivity index (χ0v) is 11.3. The molecule has 0 saturated carbocycles. The Morgan fingerprint density at radius 1 is 1.47 bits per heavy atom. The molecule has 0 spiro atoms. The van der Waals surface area contributed by atoms with Gasteiger partial charge in [0, 0.05) is 19.6 Å². The van der Waals surface area contributed by atoms with Gasteiger partial charge < -0.3 is 15.7 Å². The van der Waals surface area contributed by atoms with Crippen LogP contribution in [0.5, 0.6) is 0 Å².